The van der Waals surface area contributed by atoms with E-state index in [0.717, 1.165) is 44.5 Å². The summed E-state index contributed by atoms with van der Waals surface area (Å²) in [6.45, 7) is 6.70. The summed E-state index contributed by atoms with van der Waals surface area (Å²) >= 11 is 0. The number of nitrogens with one attached hydrogen (secondary N) is 2. The van der Waals surface area contributed by atoms with E-state index in [1.807, 2.05) is 25.1 Å². The van der Waals surface area contributed by atoms with Gasteiger partial charge >= 0.3 is 0 Å². The van der Waals surface area contributed by atoms with Gasteiger partial charge in [-0.25, -0.2) is 18.1 Å². The van der Waals surface area contributed by atoms with Gasteiger partial charge in [0.1, 0.15) is 10.7 Å². The van der Waals surface area contributed by atoms with Gasteiger partial charge in [0.05, 0.1) is 6.54 Å². The molecular formula is C19H27N7O2S. The van der Waals surface area contributed by atoms with Crippen LogP contribution < -0.4 is 14.9 Å². The first-order valence-electron chi connectivity index (χ1n) is 9.69. The number of pyridine rings is 2. The van der Waals surface area contributed by atoms with Crippen LogP contribution in [0.1, 0.15) is 6.92 Å². The third kappa shape index (κ3) is 5.88. The van der Waals surface area contributed by atoms with E-state index in [1.165, 1.54) is 12.3 Å². The zero-order valence-electron chi connectivity index (χ0n) is 16.5. The van der Waals surface area contributed by atoms with Gasteiger partial charge in [-0.2, -0.15) is 0 Å². The van der Waals surface area contributed by atoms with Crippen LogP contribution in [0.15, 0.2) is 58.8 Å². The van der Waals surface area contributed by atoms with E-state index in [2.05, 4.69) is 34.8 Å². The van der Waals surface area contributed by atoms with Gasteiger partial charge in [-0.15, -0.1) is 0 Å². The highest BCUT2D eigenvalue weighted by atomic mass is 32.2. The Morgan fingerprint density at radius 3 is 2.62 bits per heavy atom. The molecule has 0 unspecified atom stereocenters. The minimum atomic E-state index is -3.56. The van der Waals surface area contributed by atoms with Gasteiger partial charge in [0.15, 0.2) is 5.96 Å². The first-order chi connectivity index (χ1) is 14.1. The number of guanidine groups is 1. The van der Waals surface area contributed by atoms with Crippen LogP contribution in [-0.4, -0.2) is 75.1 Å². The maximum atomic E-state index is 12.2. The monoisotopic (exact) mass is 417 g/mol. The van der Waals surface area contributed by atoms with Crippen LogP contribution in [0.2, 0.25) is 0 Å². The lowest BCUT2D eigenvalue weighted by Gasteiger charge is -2.37. The van der Waals surface area contributed by atoms with Crippen molar-refractivity contribution < 1.29 is 8.42 Å². The summed E-state index contributed by atoms with van der Waals surface area (Å²) in [5.74, 6) is 1.78. The van der Waals surface area contributed by atoms with Gasteiger partial charge in [-0.3, -0.25) is 9.98 Å². The number of nitrogens with zero attached hydrogens (tertiary/aromatic N) is 5. The van der Waals surface area contributed by atoms with Gasteiger partial charge in [0.2, 0.25) is 10.0 Å². The number of piperazine rings is 1. The lowest BCUT2D eigenvalue weighted by Crippen LogP contribution is -2.52. The molecule has 3 heterocycles. The Morgan fingerprint density at radius 1 is 1.14 bits per heavy atom. The second kappa shape index (κ2) is 10.2. The smallest absolute Gasteiger partial charge is 0.242 e. The van der Waals surface area contributed by atoms with Crippen molar-refractivity contribution in [3.63, 3.8) is 0 Å². The lowest BCUT2D eigenvalue weighted by molar-refractivity contribution is 0.371. The van der Waals surface area contributed by atoms with E-state index in [-0.39, 0.29) is 11.4 Å². The molecule has 0 amide bonds. The molecule has 1 fully saturated rings. The Labute approximate surface area is 171 Å². The number of sulfonamides is 1. The van der Waals surface area contributed by atoms with E-state index in [0.29, 0.717) is 6.54 Å². The highest BCUT2D eigenvalue weighted by Crippen LogP contribution is 2.12. The quantitative estimate of drug-likeness (QED) is 0.385. The van der Waals surface area contributed by atoms with Crippen molar-refractivity contribution in [2.45, 2.75) is 11.8 Å². The molecule has 0 radical (unpaired) electrons. The SMILES string of the molecule is CCNC(=NCCNS(=O)(=O)c1cccnc1)N1CCN(c2ccccn2)CC1. The number of aromatic nitrogens is 2. The molecule has 2 aromatic rings. The summed E-state index contributed by atoms with van der Waals surface area (Å²) < 4.78 is 27.0. The predicted molar refractivity (Wildman–Crippen MR) is 113 cm³/mol. The molecule has 0 atom stereocenters. The van der Waals surface area contributed by atoms with E-state index in [4.69, 9.17) is 0 Å². The summed E-state index contributed by atoms with van der Waals surface area (Å²) in [5, 5.41) is 3.29. The molecule has 29 heavy (non-hydrogen) atoms. The van der Waals surface area contributed by atoms with E-state index in [9.17, 15) is 8.42 Å². The Morgan fingerprint density at radius 2 is 1.97 bits per heavy atom. The second-order valence-electron chi connectivity index (χ2n) is 6.48. The average Bonchev–Trinajstić information content (AvgIpc) is 2.77. The maximum Gasteiger partial charge on any atom is 0.242 e. The molecular weight excluding hydrogens is 390 g/mol. The van der Waals surface area contributed by atoms with Gasteiger partial charge in [-0.05, 0) is 31.2 Å². The summed E-state index contributed by atoms with van der Waals surface area (Å²) in [4.78, 5) is 17.4. The van der Waals surface area contributed by atoms with Crippen LogP contribution in [-0.2, 0) is 10.0 Å². The summed E-state index contributed by atoms with van der Waals surface area (Å²) in [5.41, 5.74) is 0. The molecule has 9 nitrogen and oxygen atoms in total. The molecule has 0 aliphatic carbocycles. The van der Waals surface area contributed by atoms with Crippen molar-refractivity contribution in [3.05, 3.63) is 48.9 Å². The zero-order chi connectivity index (χ0) is 20.5. The fraction of sp³-hybridized carbons (Fsp3) is 0.421. The topological polar surface area (TPSA) is 103 Å². The van der Waals surface area contributed by atoms with Crippen LogP contribution in [0, 0.1) is 0 Å². The van der Waals surface area contributed by atoms with Gasteiger partial charge < -0.3 is 15.1 Å². The predicted octanol–water partition coefficient (Wildman–Crippen LogP) is 0.543. The van der Waals surface area contributed by atoms with E-state index < -0.39 is 10.0 Å². The fourth-order valence-electron chi connectivity index (χ4n) is 3.05. The maximum absolute atomic E-state index is 12.2. The molecule has 2 N–H and O–H groups in total. The first kappa shape index (κ1) is 21.0. The largest absolute Gasteiger partial charge is 0.357 e. The number of aliphatic imine (C=N–C) groups is 1. The lowest BCUT2D eigenvalue weighted by atomic mass is 10.3. The fourth-order valence-corrected chi connectivity index (χ4v) is 4.03. The van der Waals surface area contributed by atoms with Crippen molar-refractivity contribution in [1.29, 1.82) is 0 Å². The molecule has 0 spiro atoms. The molecule has 1 aliphatic heterocycles. The summed E-state index contributed by atoms with van der Waals surface area (Å²) in [6, 6.07) is 9.04. The van der Waals surface area contributed by atoms with Crippen molar-refractivity contribution in [3.8, 4) is 0 Å². The van der Waals surface area contributed by atoms with Gasteiger partial charge in [-0.1, -0.05) is 6.07 Å². The molecule has 1 saturated heterocycles. The molecule has 10 heteroatoms. The minimum absolute atomic E-state index is 0.154. The Hall–Kier alpha value is -2.72. The van der Waals surface area contributed by atoms with Crippen LogP contribution in [0.3, 0.4) is 0 Å². The van der Waals surface area contributed by atoms with Crippen molar-refractivity contribution in [1.82, 2.24) is 24.9 Å². The van der Waals surface area contributed by atoms with Gasteiger partial charge in [0, 0.05) is 57.9 Å². The zero-order valence-corrected chi connectivity index (χ0v) is 17.3. The third-order valence-corrected chi connectivity index (χ3v) is 5.94. The molecule has 2 aromatic heterocycles. The van der Waals surface area contributed by atoms with Crippen molar-refractivity contribution in [2.75, 3.05) is 50.7 Å². The highest BCUT2D eigenvalue weighted by molar-refractivity contribution is 7.89. The van der Waals surface area contributed by atoms with Crippen molar-refractivity contribution >= 4 is 21.8 Å². The Kier molecular flexibility index (Phi) is 7.36. The molecule has 0 bridgehead atoms. The average molecular weight is 418 g/mol. The summed E-state index contributed by atoms with van der Waals surface area (Å²) in [7, 11) is -3.56. The van der Waals surface area contributed by atoms with Crippen LogP contribution >= 0.6 is 0 Å². The molecule has 1 aliphatic rings. The molecule has 0 saturated carbocycles. The van der Waals surface area contributed by atoms with Gasteiger partial charge in [0.25, 0.3) is 0 Å². The van der Waals surface area contributed by atoms with Crippen molar-refractivity contribution in [2.24, 2.45) is 4.99 Å². The summed E-state index contributed by atoms with van der Waals surface area (Å²) in [6.07, 6.45) is 4.68. The van der Waals surface area contributed by atoms with E-state index in [1.54, 1.807) is 18.5 Å². The number of rotatable bonds is 7. The number of anilines is 1. The first-order valence-corrected chi connectivity index (χ1v) is 11.2. The Balaban J connectivity index is 1.52. The normalized spacial score (nSPS) is 15.4. The van der Waals surface area contributed by atoms with Crippen LogP contribution in [0.25, 0.3) is 0 Å². The Bertz CT molecular complexity index is 883. The third-order valence-electron chi connectivity index (χ3n) is 4.50. The van der Waals surface area contributed by atoms with Crippen LogP contribution in [0.4, 0.5) is 5.82 Å². The standard InChI is InChI=1S/C19H27N7O2S/c1-2-21-19(23-10-11-24-29(27,28)17-6-5-8-20-16-17)26-14-12-25(13-15-26)18-7-3-4-9-22-18/h3-9,16,24H,2,10-15H2,1H3,(H,21,23). The van der Waals surface area contributed by atoms with Crippen LogP contribution in [0.5, 0.6) is 0 Å². The highest BCUT2D eigenvalue weighted by Gasteiger charge is 2.20. The molecule has 0 aromatic carbocycles. The minimum Gasteiger partial charge on any atom is -0.357 e. The number of hydrogen-bond donors (Lipinski definition) is 2. The second-order valence-corrected chi connectivity index (χ2v) is 8.25. The van der Waals surface area contributed by atoms with E-state index >= 15 is 0 Å². The number of hydrogen-bond acceptors (Lipinski definition) is 6. The molecule has 156 valence electrons. The molecule has 3 rings (SSSR count).